The van der Waals surface area contributed by atoms with Crippen LogP contribution >= 0.6 is 0 Å². The Labute approximate surface area is 185 Å². The fraction of sp³-hybridized carbons (Fsp3) is 0.609. The van der Waals surface area contributed by atoms with Crippen LogP contribution in [0, 0.1) is 22.0 Å². The molecule has 5 atom stereocenters. The van der Waals surface area contributed by atoms with Crippen molar-refractivity contribution in [2.24, 2.45) is 11.8 Å². The first kappa shape index (κ1) is 19.8. The van der Waals surface area contributed by atoms with Gasteiger partial charge in [0.1, 0.15) is 6.04 Å². The average molecular weight is 438 g/mol. The van der Waals surface area contributed by atoms with Crippen molar-refractivity contribution < 1.29 is 19.3 Å². The Morgan fingerprint density at radius 1 is 0.938 bits per heavy atom. The molecule has 32 heavy (non-hydrogen) atoms. The van der Waals surface area contributed by atoms with Gasteiger partial charge in [0, 0.05) is 30.8 Å². The van der Waals surface area contributed by atoms with Gasteiger partial charge in [-0.3, -0.25) is 34.3 Å². The second-order valence-electron chi connectivity index (χ2n) is 9.85. The number of fused-ring (bicyclic) bond motifs is 3. The number of amides is 3. The van der Waals surface area contributed by atoms with Crippen LogP contribution in [0.2, 0.25) is 0 Å². The number of imide groups is 1. The Morgan fingerprint density at radius 3 is 2.47 bits per heavy atom. The Morgan fingerprint density at radius 2 is 1.69 bits per heavy atom. The molecule has 5 heterocycles. The third-order valence-electron chi connectivity index (χ3n) is 8.40. The molecule has 0 aromatic heterocycles. The minimum atomic E-state index is -0.822. The van der Waals surface area contributed by atoms with E-state index in [-0.39, 0.29) is 28.8 Å². The summed E-state index contributed by atoms with van der Waals surface area (Å²) in [6.07, 6.45) is 5.81. The summed E-state index contributed by atoms with van der Waals surface area (Å²) in [6.45, 7) is 3.01. The van der Waals surface area contributed by atoms with Crippen molar-refractivity contribution in [3.8, 4) is 0 Å². The molecule has 1 aromatic rings. The lowest BCUT2D eigenvalue weighted by atomic mass is 9.67. The van der Waals surface area contributed by atoms with Crippen LogP contribution in [0.15, 0.2) is 18.2 Å². The Kier molecular flexibility index (Phi) is 4.40. The summed E-state index contributed by atoms with van der Waals surface area (Å²) in [5.41, 5.74) is -0.0690. The van der Waals surface area contributed by atoms with Crippen molar-refractivity contribution in [1.29, 1.82) is 0 Å². The molecular formula is C23H26N4O5. The first-order valence-electron chi connectivity index (χ1n) is 11.7. The molecule has 9 heteroatoms. The van der Waals surface area contributed by atoms with Gasteiger partial charge in [0.15, 0.2) is 0 Å². The highest BCUT2D eigenvalue weighted by Crippen LogP contribution is 2.45. The van der Waals surface area contributed by atoms with Gasteiger partial charge in [-0.1, -0.05) is 0 Å². The van der Waals surface area contributed by atoms with Gasteiger partial charge in [0.2, 0.25) is 5.91 Å². The highest BCUT2D eigenvalue weighted by molar-refractivity contribution is 6.23. The standard InChI is InChI=1S/C23H26N4O5/c28-21-15-6-5-14(27(31)32)11-17(15)22(29)26(21)19-8-7-18-16-4-2-10-24-9-1-3-13(20(16)24)12-25(18)23(19)30/h5-6,11,13,16,18-20H,1-4,7-10,12H2/t13-,16+,18+,19?,20-/m0/s1. The van der Waals surface area contributed by atoms with E-state index >= 15 is 0 Å². The molecule has 0 N–H and O–H groups in total. The van der Waals surface area contributed by atoms with Crippen LogP contribution in [0.5, 0.6) is 0 Å². The van der Waals surface area contributed by atoms with E-state index in [1.54, 1.807) is 0 Å². The lowest BCUT2D eigenvalue weighted by molar-refractivity contribution is -0.384. The molecule has 3 amide bonds. The van der Waals surface area contributed by atoms with Crippen LogP contribution < -0.4 is 0 Å². The highest BCUT2D eigenvalue weighted by atomic mass is 16.6. The third kappa shape index (κ3) is 2.69. The van der Waals surface area contributed by atoms with E-state index in [1.807, 2.05) is 4.90 Å². The van der Waals surface area contributed by atoms with Crippen molar-refractivity contribution in [3.63, 3.8) is 0 Å². The quantitative estimate of drug-likeness (QED) is 0.398. The molecule has 0 aliphatic carbocycles. The number of benzene rings is 1. The summed E-state index contributed by atoms with van der Waals surface area (Å²) in [6, 6.07) is 3.62. The number of rotatable bonds is 2. The van der Waals surface area contributed by atoms with Gasteiger partial charge in [-0.05, 0) is 69.5 Å². The fourth-order valence-electron chi connectivity index (χ4n) is 7.15. The van der Waals surface area contributed by atoms with Crippen molar-refractivity contribution >= 4 is 23.4 Å². The molecule has 0 radical (unpaired) electrons. The summed E-state index contributed by atoms with van der Waals surface area (Å²) in [5.74, 6) is -0.322. The summed E-state index contributed by atoms with van der Waals surface area (Å²) in [5, 5.41) is 11.1. The molecule has 168 valence electrons. The lowest BCUT2D eigenvalue weighted by Crippen LogP contribution is -2.69. The fourth-order valence-corrected chi connectivity index (χ4v) is 7.15. The van der Waals surface area contributed by atoms with E-state index < -0.39 is 22.8 Å². The van der Waals surface area contributed by atoms with Gasteiger partial charge >= 0.3 is 0 Å². The second kappa shape index (κ2) is 7.10. The second-order valence-corrected chi connectivity index (χ2v) is 9.85. The van der Waals surface area contributed by atoms with Crippen molar-refractivity contribution in [3.05, 3.63) is 39.4 Å². The molecule has 1 unspecified atom stereocenters. The first-order chi connectivity index (χ1) is 15.5. The molecule has 0 bridgehead atoms. The number of piperidine rings is 4. The summed E-state index contributed by atoms with van der Waals surface area (Å²) in [7, 11) is 0. The maximum atomic E-state index is 13.7. The van der Waals surface area contributed by atoms with E-state index in [0.717, 1.165) is 56.2 Å². The molecule has 0 saturated carbocycles. The monoisotopic (exact) mass is 438 g/mol. The summed E-state index contributed by atoms with van der Waals surface area (Å²) < 4.78 is 0. The van der Waals surface area contributed by atoms with Gasteiger partial charge in [0.05, 0.1) is 16.1 Å². The third-order valence-corrected chi connectivity index (χ3v) is 8.40. The SMILES string of the molecule is O=C1c2ccc([N+](=O)[O-])cc2C(=O)N1C1CC[C@@H]2[C@H]3CCCN4CCC[C@@H](CN2C1=O)[C@@H]34. The van der Waals surface area contributed by atoms with Crippen molar-refractivity contribution in [2.75, 3.05) is 19.6 Å². The number of hydrogen-bond donors (Lipinski definition) is 0. The lowest BCUT2D eigenvalue weighted by Gasteiger charge is -2.59. The number of hydrogen-bond acceptors (Lipinski definition) is 6. The van der Waals surface area contributed by atoms with E-state index in [0.29, 0.717) is 30.8 Å². The average Bonchev–Trinajstić information content (AvgIpc) is 3.04. The van der Waals surface area contributed by atoms with Crippen LogP contribution in [0.1, 0.15) is 59.2 Å². The number of carbonyl (C=O) groups excluding carboxylic acids is 3. The maximum absolute atomic E-state index is 13.7. The van der Waals surface area contributed by atoms with Crippen molar-refractivity contribution in [2.45, 2.75) is 56.7 Å². The van der Waals surface area contributed by atoms with Gasteiger partial charge in [0.25, 0.3) is 17.5 Å². The van der Waals surface area contributed by atoms with Crippen LogP contribution in [-0.4, -0.2) is 75.1 Å². The highest BCUT2D eigenvalue weighted by Gasteiger charge is 2.54. The topological polar surface area (TPSA) is 104 Å². The Balaban J connectivity index is 1.28. The molecule has 1 aromatic carbocycles. The van der Waals surface area contributed by atoms with Crippen molar-refractivity contribution in [1.82, 2.24) is 14.7 Å². The summed E-state index contributed by atoms with van der Waals surface area (Å²) >= 11 is 0. The predicted molar refractivity (Wildman–Crippen MR) is 113 cm³/mol. The maximum Gasteiger partial charge on any atom is 0.270 e. The number of non-ortho nitro benzene ring substituents is 1. The zero-order valence-corrected chi connectivity index (χ0v) is 17.8. The zero-order valence-electron chi connectivity index (χ0n) is 17.8. The van der Waals surface area contributed by atoms with Crippen LogP contribution in [0.4, 0.5) is 5.69 Å². The summed E-state index contributed by atoms with van der Waals surface area (Å²) in [4.78, 5) is 56.0. The Bertz CT molecular complexity index is 1040. The largest absolute Gasteiger partial charge is 0.337 e. The molecule has 4 fully saturated rings. The van der Waals surface area contributed by atoms with E-state index in [1.165, 1.54) is 12.1 Å². The van der Waals surface area contributed by atoms with E-state index in [4.69, 9.17) is 0 Å². The number of nitro groups is 1. The molecule has 9 nitrogen and oxygen atoms in total. The molecule has 5 aliphatic rings. The number of nitro benzene ring substituents is 1. The Hall–Kier alpha value is -2.81. The van der Waals surface area contributed by atoms with Gasteiger partial charge in [-0.2, -0.15) is 0 Å². The van der Waals surface area contributed by atoms with Crippen LogP contribution in [-0.2, 0) is 4.79 Å². The van der Waals surface area contributed by atoms with Crippen LogP contribution in [0.25, 0.3) is 0 Å². The number of nitrogens with zero attached hydrogens (tertiary/aromatic N) is 4. The zero-order chi connectivity index (χ0) is 22.1. The van der Waals surface area contributed by atoms with Crippen LogP contribution in [0.3, 0.4) is 0 Å². The van der Waals surface area contributed by atoms with E-state index in [2.05, 4.69) is 4.90 Å². The molecule has 5 aliphatic heterocycles. The predicted octanol–water partition coefficient (Wildman–Crippen LogP) is 2.05. The first-order valence-corrected chi connectivity index (χ1v) is 11.7. The molecule has 4 saturated heterocycles. The van der Waals surface area contributed by atoms with Gasteiger partial charge < -0.3 is 4.90 Å². The van der Waals surface area contributed by atoms with Gasteiger partial charge in [-0.15, -0.1) is 0 Å². The van der Waals surface area contributed by atoms with Gasteiger partial charge in [-0.25, -0.2) is 0 Å². The number of carbonyl (C=O) groups is 3. The normalized spacial score (nSPS) is 34.2. The molecule has 0 spiro atoms. The molecular weight excluding hydrogens is 412 g/mol. The minimum Gasteiger partial charge on any atom is -0.337 e. The molecule has 6 rings (SSSR count). The minimum absolute atomic E-state index is 0.0213. The van der Waals surface area contributed by atoms with E-state index in [9.17, 15) is 24.5 Å². The smallest absolute Gasteiger partial charge is 0.270 e.